The van der Waals surface area contributed by atoms with E-state index in [1.807, 2.05) is 0 Å². The van der Waals surface area contributed by atoms with Gasteiger partial charge >= 0.3 is 0 Å². The molecule has 2 heteroatoms. The van der Waals surface area contributed by atoms with Gasteiger partial charge in [0.1, 0.15) is 11.2 Å². The van der Waals surface area contributed by atoms with Gasteiger partial charge in [-0.3, -0.25) is 0 Å². The highest BCUT2D eigenvalue weighted by Gasteiger charge is 2.22. The molecule has 0 aliphatic rings. The van der Waals surface area contributed by atoms with Gasteiger partial charge in [-0.2, -0.15) is 0 Å². The van der Waals surface area contributed by atoms with Crippen LogP contribution in [0.1, 0.15) is 0 Å². The summed E-state index contributed by atoms with van der Waals surface area (Å²) in [4.78, 5) is 2.41. The fourth-order valence-corrected chi connectivity index (χ4v) is 7.64. The summed E-state index contributed by atoms with van der Waals surface area (Å²) in [6.07, 6.45) is 0. The molecule has 10 aromatic rings. The van der Waals surface area contributed by atoms with Crippen molar-refractivity contribution in [1.29, 1.82) is 0 Å². The van der Waals surface area contributed by atoms with Gasteiger partial charge in [-0.1, -0.05) is 140 Å². The van der Waals surface area contributed by atoms with Gasteiger partial charge in [0.15, 0.2) is 0 Å². The summed E-state index contributed by atoms with van der Waals surface area (Å²) < 4.78 is 6.58. The molecule has 9 aromatic carbocycles. The molecule has 0 aliphatic carbocycles. The van der Waals surface area contributed by atoms with E-state index in [9.17, 15) is 0 Å². The summed E-state index contributed by atoms with van der Waals surface area (Å²) >= 11 is 0. The number of anilines is 3. The second-order valence-electron chi connectivity index (χ2n) is 12.9. The Hall–Kier alpha value is -6.64. The predicted octanol–water partition coefficient (Wildman–Crippen LogP) is 13.8. The largest absolute Gasteiger partial charge is 0.456 e. The van der Waals surface area contributed by atoms with Gasteiger partial charge in [0.2, 0.25) is 0 Å². The van der Waals surface area contributed by atoms with Crippen LogP contribution >= 0.6 is 0 Å². The lowest BCUT2D eigenvalue weighted by atomic mass is 9.93. The Kier molecular flexibility index (Phi) is 6.53. The van der Waals surface area contributed by atoms with Crippen molar-refractivity contribution < 1.29 is 4.42 Å². The molecular weight excluding hydrogens is 607 g/mol. The van der Waals surface area contributed by atoms with E-state index in [0.717, 1.165) is 39.0 Å². The number of benzene rings is 9. The first kappa shape index (κ1) is 28.4. The predicted molar refractivity (Wildman–Crippen MR) is 212 cm³/mol. The number of rotatable bonds is 5. The molecule has 0 N–H and O–H groups in total. The summed E-state index contributed by atoms with van der Waals surface area (Å²) in [5.41, 5.74) is 9.74. The molecule has 0 aliphatic heterocycles. The second-order valence-corrected chi connectivity index (χ2v) is 12.9. The second kappa shape index (κ2) is 11.5. The van der Waals surface area contributed by atoms with E-state index in [1.165, 1.54) is 54.6 Å². The Labute approximate surface area is 290 Å². The van der Waals surface area contributed by atoms with E-state index >= 15 is 0 Å². The van der Waals surface area contributed by atoms with Crippen LogP contribution in [0.25, 0.3) is 76.5 Å². The van der Waals surface area contributed by atoms with Crippen molar-refractivity contribution in [2.24, 2.45) is 0 Å². The molecule has 0 unspecified atom stereocenters. The summed E-state index contributed by atoms with van der Waals surface area (Å²) in [7, 11) is 0. The zero-order chi connectivity index (χ0) is 33.0. The summed E-state index contributed by atoms with van der Waals surface area (Å²) in [5.74, 6) is 0. The molecule has 0 saturated heterocycles. The third-order valence-corrected chi connectivity index (χ3v) is 10.00. The Morgan fingerprint density at radius 3 is 1.76 bits per heavy atom. The molecular formula is C48H31NO. The van der Waals surface area contributed by atoms with Gasteiger partial charge in [-0.05, 0) is 103 Å². The SMILES string of the molecule is c1ccc(-c2ccc(N(c3ccc4c(ccc5ccccc54)c3)c3cccc4oc5cc6ccccc6cc5c34)cc2-c2ccccc2)cc1. The van der Waals surface area contributed by atoms with Crippen LogP contribution in [0.2, 0.25) is 0 Å². The minimum Gasteiger partial charge on any atom is -0.456 e. The minimum atomic E-state index is 0.869. The Balaban J connectivity index is 1.27. The van der Waals surface area contributed by atoms with Crippen LogP contribution in [0.5, 0.6) is 0 Å². The lowest BCUT2D eigenvalue weighted by Crippen LogP contribution is -2.10. The van der Waals surface area contributed by atoms with Crippen molar-refractivity contribution in [3.8, 4) is 22.3 Å². The molecule has 0 fully saturated rings. The fourth-order valence-electron chi connectivity index (χ4n) is 7.64. The van der Waals surface area contributed by atoms with Crippen molar-refractivity contribution in [3.05, 3.63) is 188 Å². The summed E-state index contributed by atoms with van der Waals surface area (Å²) in [5, 5.41) is 9.52. The molecule has 1 heterocycles. The fraction of sp³-hybridized carbons (Fsp3) is 0. The lowest BCUT2D eigenvalue weighted by molar-refractivity contribution is 0.669. The normalized spacial score (nSPS) is 11.6. The lowest BCUT2D eigenvalue weighted by Gasteiger charge is -2.28. The van der Waals surface area contributed by atoms with Gasteiger partial charge in [0.25, 0.3) is 0 Å². The molecule has 1 aromatic heterocycles. The Bertz CT molecular complexity index is 2870. The molecule has 2 nitrogen and oxygen atoms in total. The van der Waals surface area contributed by atoms with E-state index in [0.29, 0.717) is 0 Å². The van der Waals surface area contributed by atoms with Crippen molar-refractivity contribution in [3.63, 3.8) is 0 Å². The van der Waals surface area contributed by atoms with Crippen molar-refractivity contribution >= 4 is 71.3 Å². The molecule has 0 bridgehead atoms. The number of hydrogen-bond acceptors (Lipinski definition) is 2. The third-order valence-electron chi connectivity index (χ3n) is 10.00. The van der Waals surface area contributed by atoms with Crippen LogP contribution in [0, 0.1) is 0 Å². The number of fused-ring (bicyclic) bond motifs is 7. The number of furan rings is 1. The van der Waals surface area contributed by atoms with Gasteiger partial charge < -0.3 is 9.32 Å². The monoisotopic (exact) mass is 637 g/mol. The van der Waals surface area contributed by atoms with Crippen molar-refractivity contribution in [2.45, 2.75) is 0 Å². The first-order valence-corrected chi connectivity index (χ1v) is 17.1. The Morgan fingerprint density at radius 1 is 0.340 bits per heavy atom. The standard InChI is InChI=1S/C48H31NO/c1-3-12-32(13-4-1)41-26-25-39(31-43(41)33-14-5-2-6-15-33)49(38-24-27-42-37(28-38)23-22-34-16-9-10-19-40(34)42)45-20-11-21-46-48(45)44-29-35-17-7-8-18-36(35)30-47(44)50-46/h1-31H. The number of nitrogens with zero attached hydrogens (tertiary/aromatic N) is 1. The highest BCUT2D eigenvalue weighted by Crippen LogP contribution is 2.46. The smallest absolute Gasteiger partial charge is 0.137 e. The summed E-state index contributed by atoms with van der Waals surface area (Å²) in [6, 6.07) is 67.6. The van der Waals surface area contributed by atoms with Crippen molar-refractivity contribution in [2.75, 3.05) is 4.90 Å². The highest BCUT2D eigenvalue weighted by atomic mass is 16.3. The third kappa shape index (κ3) is 4.65. The van der Waals surface area contributed by atoms with E-state index in [4.69, 9.17) is 4.42 Å². The maximum Gasteiger partial charge on any atom is 0.137 e. The average Bonchev–Trinajstić information content (AvgIpc) is 3.55. The van der Waals surface area contributed by atoms with Crippen LogP contribution in [-0.2, 0) is 0 Å². The van der Waals surface area contributed by atoms with Crippen LogP contribution in [0.3, 0.4) is 0 Å². The number of hydrogen-bond donors (Lipinski definition) is 0. The molecule has 50 heavy (non-hydrogen) atoms. The zero-order valence-electron chi connectivity index (χ0n) is 27.3. The van der Waals surface area contributed by atoms with E-state index in [1.54, 1.807) is 0 Å². The van der Waals surface area contributed by atoms with Crippen LogP contribution in [-0.4, -0.2) is 0 Å². The topological polar surface area (TPSA) is 16.4 Å². The highest BCUT2D eigenvalue weighted by molar-refractivity contribution is 6.17. The summed E-state index contributed by atoms with van der Waals surface area (Å²) in [6.45, 7) is 0. The molecule has 0 atom stereocenters. The van der Waals surface area contributed by atoms with E-state index in [-0.39, 0.29) is 0 Å². The molecule has 234 valence electrons. The van der Waals surface area contributed by atoms with Gasteiger partial charge in [-0.25, -0.2) is 0 Å². The molecule has 0 amide bonds. The van der Waals surface area contributed by atoms with E-state index in [2.05, 4.69) is 193 Å². The molecule has 10 rings (SSSR count). The van der Waals surface area contributed by atoms with Crippen LogP contribution in [0.4, 0.5) is 17.1 Å². The minimum absolute atomic E-state index is 0.869. The van der Waals surface area contributed by atoms with Crippen molar-refractivity contribution in [1.82, 2.24) is 0 Å². The molecule has 0 radical (unpaired) electrons. The average molecular weight is 638 g/mol. The van der Waals surface area contributed by atoms with Crippen LogP contribution < -0.4 is 4.90 Å². The van der Waals surface area contributed by atoms with Gasteiger partial charge in [0.05, 0.1) is 11.1 Å². The first-order chi connectivity index (χ1) is 24.8. The zero-order valence-corrected chi connectivity index (χ0v) is 27.3. The maximum atomic E-state index is 6.58. The van der Waals surface area contributed by atoms with Gasteiger partial charge in [-0.15, -0.1) is 0 Å². The molecule has 0 saturated carbocycles. The van der Waals surface area contributed by atoms with Gasteiger partial charge in [0, 0.05) is 16.8 Å². The first-order valence-electron chi connectivity index (χ1n) is 17.1. The van der Waals surface area contributed by atoms with Crippen LogP contribution in [0.15, 0.2) is 192 Å². The maximum absolute atomic E-state index is 6.58. The quantitative estimate of drug-likeness (QED) is 0.175. The molecule has 0 spiro atoms. The van der Waals surface area contributed by atoms with E-state index < -0.39 is 0 Å². The Morgan fingerprint density at radius 2 is 0.960 bits per heavy atom.